The quantitative estimate of drug-likeness (QED) is 0.847. The molecule has 0 spiro atoms. The van der Waals surface area contributed by atoms with Crippen molar-refractivity contribution in [2.45, 2.75) is 13.3 Å². The molecule has 1 heterocycles. The summed E-state index contributed by atoms with van der Waals surface area (Å²) >= 11 is 0. The molecule has 0 aliphatic carbocycles. The monoisotopic (exact) mass is 274 g/mol. The summed E-state index contributed by atoms with van der Waals surface area (Å²) < 4.78 is 6.91. The minimum atomic E-state index is -0.478. The van der Waals surface area contributed by atoms with Crippen LogP contribution in [0.2, 0.25) is 0 Å². The summed E-state index contributed by atoms with van der Waals surface area (Å²) in [4.78, 5) is 23.4. The fourth-order valence-electron chi connectivity index (χ4n) is 2.03. The SMILES string of the molecule is CCCNC(=O)COC(=O)c1cn(C)c2ccccc12. The van der Waals surface area contributed by atoms with Crippen molar-refractivity contribution in [3.63, 3.8) is 0 Å². The van der Waals surface area contributed by atoms with Gasteiger partial charge < -0.3 is 14.6 Å². The van der Waals surface area contributed by atoms with Gasteiger partial charge in [0.25, 0.3) is 5.91 Å². The maximum Gasteiger partial charge on any atom is 0.340 e. The third kappa shape index (κ3) is 2.99. The van der Waals surface area contributed by atoms with Crippen molar-refractivity contribution in [1.82, 2.24) is 9.88 Å². The first-order chi connectivity index (χ1) is 9.63. The third-order valence-electron chi connectivity index (χ3n) is 3.02. The predicted octanol–water partition coefficient (Wildman–Crippen LogP) is 1.86. The van der Waals surface area contributed by atoms with Gasteiger partial charge in [-0.25, -0.2) is 4.79 Å². The van der Waals surface area contributed by atoms with Crippen molar-refractivity contribution in [2.24, 2.45) is 7.05 Å². The molecule has 0 unspecified atom stereocenters. The zero-order valence-corrected chi connectivity index (χ0v) is 11.7. The number of carbonyl (C=O) groups excluding carboxylic acids is 2. The molecule has 5 heteroatoms. The number of carbonyl (C=O) groups is 2. The predicted molar refractivity (Wildman–Crippen MR) is 76.5 cm³/mol. The van der Waals surface area contributed by atoms with Crippen molar-refractivity contribution in [3.8, 4) is 0 Å². The van der Waals surface area contributed by atoms with E-state index in [9.17, 15) is 9.59 Å². The van der Waals surface area contributed by atoms with E-state index in [1.807, 2.05) is 42.8 Å². The Morgan fingerprint density at radius 1 is 1.30 bits per heavy atom. The molecule has 1 amide bonds. The van der Waals surface area contributed by atoms with Gasteiger partial charge in [-0.15, -0.1) is 0 Å². The van der Waals surface area contributed by atoms with Gasteiger partial charge in [-0.2, -0.15) is 0 Å². The van der Waals surface area contributed by atoms with Crippen LogP contribution in [0.25, 0.3) is 10.9 Å². The van der Waals surface area contributed by atoms with Crippen LogP contribution in [0.15, 0.2) is 30.5 Å². The molecule has 0 aliphatic heterocycles. The molecule has 1 aromatic carbocycles. The molecule has 2 rings (SSSR count). The van der Waals surface area contributed by atoms with Gasteiger partial charge in [0.2, 0.25) is 0 Å². The molecule has 0 saturated heterocycles. The topological polar surface area (TPSA) is 60.3 Å². The number of hydrogen-bond donors (Lipinski definition) is 1. The van der Waals surface area contributed by atoms with Crippen molar-refractivity contribution >= 4 is 22.8 Å². The number of aryl methyl sites for hydroxylation is 1. The van der Waals surface area contributed by atoms with E-state index in [2.05, 4.69) is 5.32 Å². The number of esters is 1. The molecule has 0 saturated carbocycles. The second kappa shape index (κ2) is 6.23. The summed E-state index contributed by atoms with van der Waals surface area (Å²) in [7, 11) is 1.87. The number of para-hydroxylation sites is 1. The summed E-state index contributed by atoms with van der Waals surface area (Å²) in [5.41, 5.74) is 1.43. The van der Waals surface area contributed by atoms with Crippen molar-refractivity contribution in [1.29, 1.82) is 0 Å². The highest BCUT2D eigenvalue weighted by atomic mass is 16.5. The average molecular weight is 274 g/mol. The molecule has 2 aromatic rings. The Hall–Kier alpha value is -2.30. The van der Waals surface area contributed by atoms with Gasteiger partial charge in [0.05, 0.1) is 5.56 Å². The summed E-state index contributed by atoms with van der Waals surface area (Å²) in [6.07, 6.45) is 2.57. The molecule has 0 radical (unpaired) electrons. The number of nitrogens with one attached hydrogen (secondary N) is 1. The molecule has 0 bridgehead atoms. The van der Waals surface area contributed by atoms with E-state index in [0.717, 1.165) is 17.3 Å². The van der Waals surface area contributed by atoms with Gasteiger partial charge in [-0.1, -0.05) is 25.1 Å². The van der Waals surface area contributed by atoms with Gasteiger partial charge >= 0.3 is 5.97 Å². The van der Waals surface area contributed by atoms with Crippen LogP contribution in [0.3, 0.4) is 0 Å². The lowest BCUT2D eigenvalue weighted by molar-refractivity contribution is -0.124. The first-order valence-corrected chi connectivity index (χ1v) is 6.61. The normalized spacial score (nSPS) is 10.5. The zero-order chi connectivity index (χ0) is 14.5. The molecular formula is C15H18N2O3. The number of aromatic nitrogens is 1. The largest absolute Gasteiger partial charge is 0.452 e. The molecule has 106 valence electrons. The molecule has 20 heavy (non-hydrogen) atoms. The second-order valence-corrected chi connectivity index (χ2v) is 4.60. The Morgan fingerprint density at radius 2 is 2.05 bits per heavy atom. The van der Waals surface area contributed by atoms with E-state index >= 15 is 0 Å². The molecule has 0 fully saturated rings. The average Bonchev–Trinajstić information content (AvgIpc) is 2.80. The van der Waals surface area contributed by atoms with Crippen LogP contribution < -0.4 is 5.32 Å². The molecule has 0 aliphatic rings. The van der Waals surface area contributed by atoms with Crippen molar-refractivity contribution in [2.75, 3.05) is 13.2 Å². The Bertz CT molecular complexity index is 631. The number of benzene rings is 1. The highest BCUT2D eigenvalue weighted by Crippen LogP contribution is 2.20. The van der Waals surface area contributed by atoms with E-state index in [1.54, 1.807) is 6.20 Å². The summed E-state index contributed by atoms with van der Waals surface area (Å²) in [5, 5.41) is 3.49. The van der Waals surface area contributed by atoms with Crippen LogP contribution in [-0.4, -0.2) is 29.6 Å². The first kappa shape index (κ1) is 14.1. The van der Waals surface area contributed by atoms with Gasteiger partial charge in [-0.3, -0.25) is 4.79 Å². The molecular weight excluding hydrogens is 256 g/mol. The lowest BCUT2D eigenvalue weighted by Gasteiger charge is -2.04. The van der Waals surface area contributed by atoms with Crippen LogP contribution in [0, 0.1) is 0 Å². The van der Waals surface area contributed by atoms with Gasteiger partial charge in [0.15, 0.2) is 6.61 Å². The summed E-state index contributed by atoms with van der Waals surface area (Å²) in [5.74, 6) is -0.756. The third-order valence-corrected chi connectivity index (χ3v) is 3.02. The maximum absolute atomic E-state index is 12.0. The smallest absolute Gasteiger partial charge is 0.340 e. The van der Waals surface area contributed by atoms with Gasteiger partial charge in [0, 0.05) is 30.7 Å². The Morgan fingerprint density at radius 3 is 2.80 bits per heavy atom. The Balaban J connectivity index is 2.07. The number of fused-ring (bicyclic) bond motifs is 1. The highest BCUT2D eigenvalue weighted by molar-refractivity contribution is 6.04. The van der Waals surface area contributed by atoms with Crippen molar-refractivity contribution < 1.29 is 14.3 Å². The second-order valence-electron chi connectivity index (χ2n) is 4.60. The van der Waals surface area contributed by atoms with Crippen LogP contribution in [-0.2, 0) is 16.6 Å². The maximum atomic E-state index is 12.0. The lowest BCUT2D eigenvalue weighted by Crippen LogP contribution is -2.29. The first-order valence-electron chi connectivity index (χ1n) is 6.61. The number of ether oxygens (including phenoxy) is 1. The van der Waals surface area contributed by atoms with Crippen molar-refractivity contribution in [3.05, 3.63) is 36.0 Å². The number of hydrogen-bond acceptors (Lipinski definition) is 3. The van der Waals surface area contributed by atoms with Crippen LogP contribution >= 0.6 is 0 Å². The van der Waals surface area contributed by atoms with Crippen LogP contribution in [0.1, 0.15) is 23.7 Å². The van der Waals surface area contributed by atoms with Crippen LogP contribution in [0.5, 0.6) is 0 Å². The summed E-state index contributed by atoms with van der Waals surface area (Å²) in [6, 6.07) is 7.58. The highest BCUT2D eigenvalue weighted by Gasteiger charge is 2.15. The molecule has 0 atom stereocenters. The fraction of sp³-hybridized carbons (Fsp3) is 0.333. The zero-order valence-electron chi connectivity index (χ0n) is 11.7. The van der Waals surface area contributed by atoms with E-state index in [4.69, 9.17) is 4.74 Å². The number of nitrogens with zero attached hydrogens (tertiary/aromatic N) is 1. The minimum absolute atomic E-state index is 0.248. The molecule has 1 aromatic heterocycles. The standard InChI is InChI=1S/C15H18N2O3/c1-3-8-16-14(18)10-20-15(19)12-9-17(2)13-7-5-4-6-11(12)13/h4-7,9H,3,8,10H2,1-2H3,(H,16,18). The van der Waals surface area contributed by atoms with E-state index in [-0.39, 0.29) is 12.5 Å². The number of rotatable bonds is 5. The van der Waals surface area contributed by atoms with E-state index in [1.165, 1.54) is 0 Å². The molecule has 5 nitrogen and oxygen atoms in total. The fourth-order valence-corrected chi connectivity index (χ4v) is 2.03. The van der Waals surface area contributed by atoms with E-state index < -0.39 is 5.97 Å². The van der Waals surface area contributed by atoms with E-state index in [0.29, 0.717) is 12.1 Å². The van der Waals surface area contributed by atoms with Crippen LogP contribution in [0.4, 0.5) is 0 Å². The Labute approximate surface area is 117 Å². The molecule has 1 N–H and O–H groups in total. The summed E-state index contributed by atoms with van der Waals surface area (Å²) in [6.45, 7) is 2.30. The Kier molecular flexibility index (Phi) is 4.40. The lowest BCUT2D eigenvalue weighted by atomic mass is 10.2. The van der Waals surface area contributed by atoms with Gasteiger partial charge in [0.1, 0.15) is 0 Å². The number of amides is 1. The van der Waals surface area contributed by atoms with Gasteiger partial charge in [-0.05, 0) is 12.5 Å². The minimum Gasteiger partial charge on any atom is -0.452 e.